The number of benzene rings is 3. The van der Waals surface area contributed by atoms with Gasteiger partial charge in [-0.3, -0.25) is 9.59 Å². The fourth-order valence-corrected chi connectivity index (χ4v) is 6.56. The van der Waals surface area contributed by atoms with Gasteiger partial charge in [0.05, 0.1) is 38.2 Å². The first-order valence-corrected chi connectivity index (χ1v) is 14.7. The quantitative estimate of drug-likeness (QED) is 0.232. The summed E-state index contributed by atoms with van der Waals surface area (Å²) >= 11 is 0. The van der Waals surface area contributed by atoms with Gasteiger partial charge in [-0.15, -0.1) is 0 Å². The zero-order chi connectivity index (χ0) is 30.1. The predicted octanol–water partition coefficient (Wildman–Crippen LogP) is 6.16. The van der Waals surface area contributed by atoms with E-state index in [2.05, 4.69) is 35.5 Å². The zero-order valence-corrected chi connectivity index (χ0v) is 25.1. The number of aromatic nitrogens is 1. The fourth-order valence-electron chi connectivity index (χ4n) is 6.56. The van der Waals surface area contributed by atoms with E-state index in [0.29, 0.717) is 42.9 Å². The molecule has 4 aromatic rings. The van der Waals surface area contributed by atoms with Crippen LogP contribution in [0.5, 0.6) is 11.5 Å². The third-order valence-corrected chi connectivity index (χ3v) is 8.44. The van der Waals surface area contributed by atoms with E-state index >= 15 is 0 Å². The Morgan fingerprint density at radius 2 is 1.79 bits per heavy atom. The number of aromatic amines is 1. The van der Waals surface area contributed by atoms with E-state index in [9.17, 15) is 9.59 Å². The van der Waals surface area contributed by atoms with Gasteiger partial charge in [0.15, 0.2) is 17.3 Å². The van der Waals surface area contributed by atoms with Crippen molar-refractivity contribution in [1.82, 2.24) is 10.3 Å². The molecule has 8 nitrogen and oxygen atoms in total. The predicted molar refractivity (Wildman–Crippen MR) is 170 cm³/mol. The molecule has 1 unspecified atom stereocenters. The van der Waals surface area contributed by atoms with E-state index in [1.54, 1.807) is 14.2 Å². The van der Waals surface area contributed by atoms with Crippen LogP contribution in [0, 0.1) is 5.41 Å². The number of fused-ring (bicyclic) bond motifs is 2. The Morgan fingerprint density at radius 3 is 2.60 bits per heavy atom. The molecule has 0 radical (unpaired) electrons. The number of hydrogen-bond acceptors (Lipinski definition) is 6. The summed E-state index contributed by atoms with van der Waals surface area (Å²) in [5.41, 5.74) is 6.05. The number of Topliss-reactive ketones (excluding diaryl/α,β-unsaturated/α-hetero) is 1. The topological polar surface area (TPSA) is 95.7 Å². The van der Waals surface area contributed by atoms with Crippen LogP contribution in [0.4, 0.5) is 11.4 Å². The molecule has 0 bridgehead atoms. The Hall–Kier alpha value is -4.72. The molecule has 0 fully saturated rings. The maximum Gasteiger partial charge on any atom is 0.239 e. The first kappa shape index (κ1) is 28.4. The van der Waals surface area contributed by atoms with Crippen LogP contribution in [0.15, 0.2) is 84.2 Å². The highest BCUT2D eigenvalue weighted by Crippen LogP contribution is 2.50. The van der Waals surface area contributed by atoms with Gasteiger partial charge >= 0.3 is 0 Å². The van der Waals surface area contributed by atoms with E-state index in [-0.39, 0.29) is 23.7 Å². The van der Waals surface area contributed by atoms with Crippen molar-refractivity contribution < 1.29 is 19.1 Å². The summed E-state index contributed by atoms with van der Waals surface area (Å²) in [6.07, 6.45) is 3.82. The highest BCUT2D eigenvalue weighted by atomic mass is 16.5. The Kier molecular flexibility index (Phi) is 7.61. The average molecular weight is 579 g/mol. The molecule has 1 aliphatic carbocycles. The molecule has 1 amide bonds. The highest BCUT2D eigenvalue weighted by Gasteiger charge is 2.43. The Labute approximate surface area is 252 Å². The summed E-state index contributed by atoms with van der Waals surface area (Å²) in [6.45, 7) is 4.77. The van der Waals surface area contributed by atoms with E-state index in [0.717, 1.165) is 39.1 Å². The van der Waals surface area contributed by atoms with Crippen LogP contribution in [0.25, 0.3) is 10.9 Å². The number of rotatable bonds is 8. The second-order valence-corrected chi connectivity index (χ2v) is 12.0. The SMILES string of the molecule is COc1cccc(C2C3=C(CC(C)(C)CC3=O)Nc3ccccc3N2CC(=O)NCCc2c[nH]c3ccccc23)c1OC. The maximum atomic E-state index is 14.0. The van der Waals surface area contributed by atoms with Crippen LogP contribution < -0.4 is 25.0 Å². The van der Waals surface area contributed by atoms with Crippen LogP contribution >= 0.6 is 0 Å². The number of methoxy groups -OCH3 is 2. The molecule has 0 spiro atoms. The second kappa shape index (κ2) is 11.5. The Morgan fingerprint density at radius 1 is 1.00 bits per heavy atom. The molecule has 222 valence electrons. The van der Waals surface area contributed by atoms with E-state index < -0.39 is 6.04 Å². The van der Waals surface area contributed by atoms with Gasteiger partial charge in [0, 0.05) is 46.9 Å². The van der Waals surface area contributed by atoms with Crippen LogP contribution in [0.1, 0.15) is 43.9 Å². The van der Waals surface area contributed by atoms with Crippen molar-refractivity contribution in [2.24, 2.45) is 5.41 Å². The van der Waals surface area contributed by atoms with Gasteiger partial charge in [0.1, 0.15) is 0 Å². The van der Waals surface area contributed by atoms with Crippen molar-refractivity contribution >= 4 is 34.0 Å². The summed E-state index contributed by atoms with van der Waals surface area (Å²) in [4.78, 5) is 33.0. The lowest BCUT2D eigenvalue weighted by Gasteiger charge is -2.38. The number of amides is 1. The lowest BCUT2D eigenvalue weighted by molar-refractivity contribution is -0.120. The van der Waals surface area contributed by atoms with Crippen molar-refractivity contribution in [3.8, 4) is 11.5 Å². The van der Waals surface area contributed by atoms with Gasteiger partial charge in [-0.2, -0.15) is 0 Å². The smallest absolute Gasteiger partial charge is 0.239 e. The van der Waals surface area contributed by atoms with Crippen LogP contribution in [0.2, 0.25) is 0 Å². The summed E-state index contributed by atoms with van der Waals surface area (Å²) in [7, 11) is 3.20. The zero-order valence-electron chi connectivity index (χ0n) is 25.1. The van der Waals surface area contributed by atoms with Crippen molar-refractivity contribution in [2.45, 2.75) is 39.2 Å². The standard InChI is InChI=1S/C35H38N4O4/c1-35(2)18-27-32(29(40)19-35)33(24-11-9-15-30(42-3)34(24)43-4)39(28-14-8-7-13-26(28)38-27)21-31(41)36-17-16-22-20-37-25-12-6-5-10-23(22)25/h5-15,20,33,37-38H,16-19,21H2,1-4H3,(H,36,41). The number of hydrogen-bond donors (Lipinski definition) is 3. The van der Waals surface area contributed by atoms with Crippen molar-refractivity contribution in [3.05, 3.63) is 95.3 Å². The largest absolute Gasteiger partial charge is 0.493 e. The van der Waals surface area contributed by atoms with E-state index in [1.165, 1.54) is 0 Å². The Balaban J connectivity index is 1.39. The second-order valence-electron chi connectivity index (χ2n) is 12.0. The summed E-state index contributed by atoms with van der Waals surface area (Å²) in [6, 6.07) is 21.2. The number of para-hydroxylation sites is 4. The number of anilines is 2. The minimum atomic E-state index is -0.570. The van der Waals surface area contributed by atoms with Crippen LogP contribution in [0.3, 0.4) is 0 Å². The molecule has 1 aromatic heterocycles. The van der Waals surface area contributed by atoms with Gasteiger partial charge in [-0.1, -0.05) is 56.3 Å². The molecule has 3 aromatic carbocycles. The third-order valence-electron chi connectivity index (χ3n) is 8.44. The van der Waals surface area contributed by atoms with Gasteiger partial charge in [0.25, 0.3) is 0 Å². The third kappa shape index (κ3) is 5.45. The first-order chi connectivity index (χ1) is 20.8. The minimum Gasteiger partial charge on any atom is -0.493 e. The molecular formula is C35H38N4O4. The van der Waals surface area contributed by atoms with Crippen LogP contribution in [-0.2, 0) is 16.0 Å². The summed E-state index contributed by atoms with van der Waals surface area (Å²) in [5, 5.41) is 7.90. The molecule has 6 rings (SSSR count). The van der Waals surface area contributed by atoms with E-state index in [1.807, 2.05) is 71.8 Å². The number of nitrogens with zero attached hydrogens (tertiary/aromatic N) is 1. The van der Waals surface area contributed by atoms with Crippen LogP contribution in [-0.4, -0.2) is 44.0 Å². The highest BCUT2D eigenvalue weighted by molar-refractivity contribution is 6.02. The van der Waals surface area contributed by atoms with Gasteiger partial charge in [-0.05, 0) is 48.1 Å². The number of ketones is 1. The average Bonchev–Trinajstić information content (AvgIpc) is 3.34. The monoisotopic (exact) mass is 578 g/mol. The number of carbonyl (C=O) groups is 2. The Bertz CT molecular complexity index is 1720. The number of carbonyl (C=O) groups excluding carboxylic acids is 2. The molecule has 1 atom stereocenters. The lowest BCUT2D eigenvalue weighted by atomic mass is 9.73. The van der Waals surface area contributed by atoms with Gasteiger partial charge in [-0.25, -0.2) is 0 Å². The van der Waals surface area contributed by atoms with Crippen molar-refractivity contribution in [3.63, 3.8) is 0 Å². The molecule has 2 aliphatic rings. The molecule has 0 saturated carbocycles. The molecule has 43 heavy (non-hydrogen) atoms. The molecule has 8 heteroatoms. The molecule has 3 N–H and O–H groups in total. The molecule has 0 saturated heterocycles. The molecule has 2 heterocycles. The number of ether oxygens (including phenoxy) is 2. The fraction of sp³-hybridized carbons (Fsp3) is 0.314. The van der Waals surface area contributed by atoms with Crippen molar-refractivity contribution in [2.75, 3.05) is 37.5 Å². The molecule has 1 aliphatic heterocycles. The number of nitrogens with one attached hydrogen (secondary N) is 3. The van der Waals surface area contributed by atoms with Gasteiger partial charge in [0.2, 0.25) is 5.91 Å². The van der Waals surface area contributed by atoms with E-state index in [4.69, 9.17) is 9.47 Å². The minimum absolute atomic E-state index is 0.0467. The summed E-state index contributed by atoms with van der Waals surface area (Å²) in [5.74, 6) is 1.04. The first-order valence-electron chi connectivity index (χ1n) is 14.7. The summed E-state index contributed by atoms with van der Waals surface area (Å²) < 4.78 is 11.5. The van der Waals surface area contributed by atoms with Crippen molar-refractivity contribution in [1.29, 1.82) is 0 Å². The normalized spacial score (nSPS) is 17.5. The maximum absolute atomic E-state index is 14.0. The number of H-pyrrole nitrogens is 1. The lowest BCUT2D eigenvalue weighted by Crippen LogP contribution is -2.42. The molecular weight excluding hydrogens is 540 g/mol. The van der Waals surface area contributed by atoms with Gasteiger partial charge < -0.3 is 30.0 Å². The number of allylic oxidation sites excluding steroid dienone is 1.